The fraction of sp³-hybridized carbons (Fsp3) is 0.273. The minimum atomic E-state index is -0.642. The largest absolute Gasteiger partial charge is 0.493 e. The Morgan fingerprint density at radius 3 is 2.59 bits per heavy atom. The summed E-state index contributed by atoms with van der Waals surface area (Å²) in [7, 11) is 1.50. The zero-order chi connectivity index (χ0) is 21.2. The summed E-state index contributed by atoms with van der Waals surface area (Å²) < 4.78 is 15.7. The standard InChI is InChI=1S/C22H24ClNO5/c1-4-28-22-18(23)12-16(13-19(22)27-3)10-11-21(26)29-14-20(25)24-15(2)17-8-6-5-7-9-17/h5-13,15H,4,14H2,1-3H3,(H,24,25)/b11-10+/t15-/m1/s1. The number of carbonyl (C=O) groups excluding carboxylic acids is 2. The molecule has 2 aromatic rings. The maximum Gasteiger partial charge on any atom is 0.331 e. The second-order valence-corrected chi connectivity index (χ2v) is 6.52. The number of hydrogen-bond donors (Lipinski definition) is 1. The van der Waals surface area contributed by atoms with Crippen LogP contribution in [0.25, 0.3) is 6.08 Å². The van der Waals surface area contributed by atoms with Gasteiger partial charge in [-0.05, 0) is 43.2 Å². The molecule has 0 unspecified atom stereocenters. The average Bonchev–Trinajstić information content (AvgIpc) is 2.72. The van der Waals surface area contributed by atoms with Gasteiger partial charge in [-0.3, -0.25) is 4.79 Å². The first-order valence-electron chi connectivity index (χ1n) is 9.14. The van der Waals surface area contributed by atoms with Gasteiger partial charge in [-0.15, -0.1) is 0 Å². The second-order valence-electron chi connectivity index (χ2n) is 6.11. The Labute approximate surface area is 175 Å². The summed E-state index contributed by atoms with van der Waals surface area (Å²) in [6.07, 6.45) is 2.75. The van der Waals surface area contributed by atoms with Crippen LogP contribution < -0.4 is 14.8 Å². The first-order chi connectivity index (χ1) is 13.9. The van der Waals surface area contributed by atoms with Gasteiger partial charge >= 0.3 is 5.97 Å². The molecule has 0 heterocycles. The van der Waals surface area contributed by atoms with Crippen LogP contribution >= 0.6 is 11.6 Å². The Morgan fingerprint density at radius 2 is 1.93 bits per heavy atom. The smallest absolute Gasteiger partial charge is 0.331 e. The van der Waals surface area contributed by atoms with Crippen LogP contribution in [-0.2, 0) is 14.3 Å². The van der Waals surface area contributed by atoms with Gasteiger partial charge in [0.15, 0.2) is 18.1 Å². The van der Waals surface area contributed by atoms with Gasteiger partial charge in [0.2, 0.25) is 0 Å². The number of ether oxygens (including phenoxy) is 3. The van der Waals surface area contributed by atoms with Crippen molar-refractivity contribution in [3.8, 4) is 11.5 Å². The van der Waals surface area contributed by atoms with Crippen LogP contribution in [0.1, 0.15) is 31.0 Å². The summed E-state index contributed by atoms with van der Waals surface area (Å²) in [5, 5.41) is 3.15. The molecule has 0 radical (unpaired) electrons. The van der Waals surface area contributed by atoms with Crippen LogP contribution in [0.2, 0.25) is 5.02 Å². The molecule has 1 N–H and O–H groups in total. The van der Waals surface area contributed by atoms with Crippen molar-refractivity contribution in [2.24, 2.45) is 0 Å². The van der Waals surface area contributed by atoms with Crippen LogP contribution in [0.3, 0.4) is 0 Å². The van der Waals surface area contributed by atoms with E-state index in [1.807, 2.05) is 44.2 Å². The number of methoxy groups -OCH3 is 1. The number of hydrogen-bond acceptors (Lipinski definition) is 5. The number of rotatable bonds is 9. The molecular weight excluding hydrogens is 394 g/mol. The fourth-order valence-electron chi connectivity index (χ4n) is 2.58. The monoisotopic (exact) mass is 417 g/mol. The molecule has 0 bridgehead atoms. The van der Waals surface area contributed by atoms with Gasteiger partial charge in [-0.1, -0.05) is 41.9 Å². The number of amides is 1. The first kappa shape index (κ1) is 22.3. The molecule has 2 rings (SSSR count). The molecular formula is C22H24ClNO5. The Hall–Kier alpha value is -2.99. The molecule has 0 aromatic heterocycles. The SMILES string of the molecule is CCOc1c(Cl)cc(/C=C/C(=O)OCC(=O)N[C@H](C)c2ccccc2)cc1OC. The molecule has 1 amide bonds. The quantitative estimate of drug-likeness (QED) is 0.489. The highest BCUT2D eigenvalue weighted by molar-refractivity contribution is 6.32. The van der Waals surface area contributed by atoms with E-state index in [4.69, 9.17) is 25.8 Å². The zero-order valence-corrected chi connectivity index (χ0v) is 17.4. The van der Waals surface area contributed by atoms with Crippen LogP contribution in [0.5, 0.6) is 11.5 Å². The highest BCUT2D eigenvalue weighted by Gasteiger charge is 2.12. The maximum absolute atomic E-state index is 12.0. The summed E-state index contributed by atoms with van der Waals surface area (Å²) in [6.45, 7) is 3.78. The van der Waals surface area contributed by atoms with E-state index < -0.39 is 5.97 Å². The van der Waals surface area contributed by atoms with E-state index >= 15 is 0 Å². The lowest BCUT2D eigenvalue weighted by Gasteiger charge is -2.14. The first-order valence-corrected chi connectivity index (χ1v) is 9.51. The van der Waals surface area contributed by atoms with E-state index in [9.17, 15) is 9.59 Å². The third-order valence-electron chi connectivity index (χ3n) is 3.97. The summed E-state index contributed by atoms with van der Waals surface area (Å²) in [6, 6.07) is 12.7. The van der Waals surface area contributed by atoms with Gasteiger partial charge in [0.05, 0.1) is 24.8 Å². The Morgan fingerprint density at radius 1 is 1.21 bits per heavy atom. The Balaban J connectivity index is 1.89. The lowest BCUT2D eigenvalue weighted by atomic mass is 10.1. The highest BCUT2D eigenvalue weighted by atomic mass is 35.5. The van der Waals surface area contributed by atoms with Crippen molar-refractivity contribution in [1.82, 2.24) is 5.32 Å². The number of benzene rings is 2. The van der Waals surface area contributed by atoms with Gasteiger partial charge in [0.25, 0.3) is 5.91 Å². The van der Waals surface area contributed by atoms with E-state index in [0.717, 1.165) is 5.56 Å². The molecule has 0 saturated heterocycles. The fourth-order valence-corrected chi connectivity index (χ4v) is 2.85. The van der Waals surface area contributed by atoms with Crippen molar-refractivity contribution in [2.45, 2.75) is 19.9 Å². The molecule has 7 heteroatoms. The van der Waals surface area contributed by atoms with Gasteiger partial charge in [0.1, 0.15) is 0 Å². The molecule has 0 aliphatic heterocycles. The van der Waals surface area contributed by atoms with Crippen molar-refractivity contribution in [1.29, 1.82) is 0 Å². The topological polar surface area (TPSA) is 73.9 Å². The molecule has 0 aliphatic rings. The van der Waals surface area contributed by atoms with Crippen molar-refractivity contribution in [2.75, 3.05) is 20.3 Å². The average molecular weight is 418 g/mol. The van der Waals surface area contributed by atoms with Crippen molar-refractivity contribution >= 4 is 29.6 Å². The number of nitrogens with one attached hydrogen (secondary N) is 1. The van der Waals surface area contributed by atoms with Gasteiger partial charge < -0.3 is 19.5 Å². The predicted octanol–water partition coefficient (Wildman–Crippen LogP) is 4.18. The maximum atomic E-state index is 12.0. The molecule has 0 spiro atoms. The van der Waals surface area contributed by atoms with Crippen LogP contribution in [0, 0.1) is 0 Å². The van der Waals surface area contributed by atoms with E-state index in [1.54, 1.807) is 12.1 Å². The third-order valence-corrected chi connectivity index (χ3v) is 4.26. The Bertz CT molecular complexity index is 867. The van der Waals surface area contributed by atoms with Crippen molar-refractivity contribution in [3.63, 3.8) is 0 Å². The van der Waals surface area contributed by atoms with E-state index in [1.165, 1.54) is 19.3 Å². The number of halogens is 1. The van der Waals surface area contributed by atoms with Gasteiger partial charge in [-0.25, -0.2) is 4.79 Å². The normalized spacial score (nSPS) is 11.7. The molecule has 0 fully saturated rings. The van der Waals surface area contributed by atoms with Crippen LogP contribution in [0.15, 0.2) is 48.5 Å². The summed E-state index contributed by atoms with van der Waals surface area (Å²) in [5.41, 5.74) is 1.60. The molecule has 154 valence electrons. The summed E-state index contributed by atoms with van der Waals surface area (Å²) in [5.74, 6) is -0.118. The number of esters is 1. The van der Waals surface area contributed by atoms with E-state index in [2.05, 4.69) is 5.32 Å². The lowest BCUT2D eigenvalue weighted by Crippen LogP contribution is -2.30. The predicted molar refractivity (Wildman–Crippen MR) is 112 cm³/mol. The molecule has 2 aromatic carbocycles. The van der Waals surface area contributed by atoms with E-state index in [-0.39, 0.29) is 18.6 Å². The van der Waals surface area contributed by atoms with Gasteiger partial charge in [-0.2, -0.15) is 0 Å². The Kier molecular flexibility index (Phi) is 8.55. The second kappa shape index (κ2) is 11.1. The molecule has 29 heavy (non-hydrogen) atoms. The van der Waals surface area contributed by atoms with Crippen molar-refractivity contribution < 1.29 is 23.8 Å². The molecule has 0 aliphatic carbocycles. The third kappa shape index (κ3) is 6.84. The van der Waals surface area contributed by atoms with Crippen LogP contribution in [-0.4, -0.2) is 32.2 Å². The molecule has 1 atom stereocenters. The van der Waals surface area contributed by atoms with E-state index in [0.29, 0.717) is 28.7 Å². The minimum absolute atomic E-state index is 0.184. The summed E-state index contributed by atoms with van der Waals surface area (Å²) in [4.78, 5) is 23.9. The lowest BCUT2D eigenvalue weighted by molar-refractivity contribution is -0.144. The molecule has 6 nitrogen and oxygen atoms in total. The highest BCUT2D eigenvalue weighted by Crippen LogP contribution is 2.36. The summed E-state index contributed by atoms with van der Waals surface area (Å²) >= 11 is 6.20. The van der Waals surface area contributed by atoms with Crippen molar-refractivity contribution in [3.05, 3.63) is 64.7 Å². The van der Waals surface area contributed by atoms with Crippen LogP contribution in [0.4, 0.5) is 0 Å². The van der Waals surface area contributed by atoms with Gasteiger partial charge in [0, 0.05) is 6.08 Å². The minimum Gasteiger partial charge on any atom is -0.493 e. The zero-order valence-electron chi connectivity index (χ0n) is 16.6. The molecule has 0 saturated carbocycles. The number of carbonyl (C=O) groups is 2.